The summed E-state index contributed by atoms with van der Waals surface area (Å²) in [6.45, 7) is 8.94. The lowest BCUT2D eigenvalue weighted by Crippen LogP contribution is -2.45. The van der Waals surface area contributed by atoms with Crippen molar-refractivity contribution in [1.82, 2.24) is 0 Å². The quantitative estimate of drug-likeness (QED) is 0.326. The molecule has 5 heteroatoms. The summed E-state index contributed by atoms with van der Waals surface area (Å²) >= 11 is 0. The van der Waals surface area contributed by atoms with Crippen molar-refractivity contribution in [3.63, 3.8) is 0 Å². The molecule has 1 atom stereocenters. The van der Waals surface area contributed by atoms with Gasteiger partial charge in [0.2, 0.25) is 0 Å². The molecule has 1 aliphatic rings. The Labute approximate surface area is 106 Å². The molecule has 0 aromatic heterocycles. The van der Waals surface area contributed by atoms with Gasteiger partial charge in [0.25, 0.3) is 0 Å². The highest BCUT2D eigenvalue weighted by molar-refractivity contribution is 6.60. The second-order valence-corrected chi connectivity index (χ2v) is 6.92. The lowest BCUT2D eigenvalue weighted by Gasteiger charge is -2.28. The molecule has 0 aromatic carbocycles. The molecule has 1 heterocycles. The van der Waals surface area contributed by atoms with E-state index in [2.05, 4.69) is 0 Å². The van der Waals surface area contributed by atoms with Crippen LogP contribution in [0.3, 0.4) is 0 Å². The molecule has 0 spiro atoms. The highest BCUT2D eigenvalue weighted by Gasteiger charge is 2.39. The number of unbranched alkanes of at least 4 members (excludes halogenated alkanes) is 1. The Balaban J connectivity index is 2.29. The van der Waals surface area contributed by atoms with Crippen molar-refractivity contribution in [3.05, 3.63) is 0 Å². The minimum atomic E-state index is -2.39. The van der Waals surface area contributed by atoms with Crippen LogP contribution in [0.5, 0.6) is 0 Å². The van der Waals surface area contributed by atoms with E-state index in [9.17, 15) is 0 Å². The van der Waals surface area contributed by atoms with Crippen LogP contribution >= 0.6 is 0 Å². The van der Waals surface area contributed by atoms with Crippen LogP contribution in [0.1, 0.15) is 40.0 Å². The van der Waals surface area contributed by atoms with Crippen LogP contribution in [0.2, 0.25) is 6.04 Å². The fraction of sp³-hybridized carbons (Fsp3) is 1.00. The Bertz CT molecular complexity index is 180. The molecule has 1 rings (SSSR count). The van der Waals surface area contributed by atoms with E-state index in [1.165, 1.54) is 6.42 Å². The Hall–Kier alpha value is 0.0569. The summed E-state index contributed by atoms with van der Waals surface area (Å²) in [5.74, 6) is 0. The molecule has 0 radical (unpaired) electrons. The molecule has 102 valence electrons. The van der Waals surface area contributed by atoms with Gasteiger partial charge in [-0.25, -0.2) is 0 Å². The molecule has 0 N–H and O–H groups in total. The van der Waals surface area contributed by atoms with E-state index in [-0.39, 0.29) is 0 Å². The normalized spacial score (nSPS) is 19.6. The molecule has 0 aromatic rings. The van der Waals surface area contributed by atoms with Crippen molar-refractivity contribution < 1.29 is 18.0 Å². The number of ether oxygens (including phenoxy) is 1. The number of hydrogen-bond donors (Lipinski definition) is 0. The molecule has 0 aliphatic carbocycles. The van der Waals surface area contributed by atoms with Crippen molar-refractivity contribution in [3.8, 4) is 0 Å². The lowest BCUT2D eigenvalue weighted by molar-refractivity contribution is 0.0706. The number of rotatable bonds is 11. The zero-order valence-corrected chi connectivity index (χ0v) is 12.4. The third-order valence-corrected chi connectivity index (χ3v) is 5.91. The van der Waals surface area contributed by atoms with Crippen LogP contribution in [0, 0.1) is 0 Å². The van der Waals surface area contributed by atoms with E-state index in [0.29, 0.717) is 25.9 Å². The van der Waals surface area contributed by atoms with Gasteiger partial charge < -0.3 is 18.0 Å². The summed E-state index contributed by atoms with van der Waals surface area (Å²) in [5.41, 5.74) is 0. The second-order valence-electron chi connectivity index (χ2n) is 4.18. The van der Waals surface area contributed by atoms with E-state index >= 15 is 0 Å². The minimum Gasteiger partial charge on any atom is -0.374 e. The van der Waals surface area contributed by atoms with E-state index < -0.39 is 8.80 Å². The lowest BCUT2D eigenvalue weighted by atomic mass is 10.2. The predicted molar refractivity (Wildman–Crippen MR) is 69.0 cm³/mol. The molecule has 1 fully saturated rings. The Kier molecular flexibility index (Phi) is 7.30. The topological polar surface area (TPSA) is 40.2 Å². The van der Waals surface area contributed by atoms with Crippen LogP contribution in [-0.2, 0) is 18.0 Å². The van der Waals surface area contributed by atoms with Gasteiger partial charge in [-0.3, -0.25) is 0 Å². The van der Waals surface area contributed by atoms with E-state index in [4.69, 9.17) is 18.0 Å². The second kappa shape index (κ2) is 8.21. The maximum Gasteiger partial charge on any atom is 0.500 e. The average molecular weight is 262 g/mol. The molecule has 4 nitrogen and oxygen atoms in total. The number of hydrogen-bond acceptors (Lipinski definition) is 4. The van der Waals surface area contributed by atoms with Gasteiger partial charge in [-0.2, -0.15) is 0 Å². The Morgan fingerprint density at radius 2 is 1.53 bits per heavy atom. The van der Waals surface area contributed by atoms with Gasteiger partial charge in [-0.15, -0.1) is 0 Å². The fourth-order valence-corrected chi connectivity index (χ4v) is 4.63. The van der Waals surface area contributed by atoms with Gasteiger partial charge in [0, 0.05) is 25.9 Å². The van der Waals surface area contributed by atoms with Gasteiger partial charge >= 0.3 is 8.80 Å². The third-order valence-electron chi connectivity index (χ3n) is 2.75. The van der Waals surface area contributed by atoms with Crippen LogP contribution in [0.4, 0.5) is 0 Å². The van der Waals surface area contributed by atoms with Crippen LogP contribution < -0.4 is 0 Å². The van der Waals surface area contributed by atoms with Gasteiger partial charge in [0.15, 0.2) is 0 Å². The largest absolute Gasteiger partial charge is 0.500 e. The maximum absolute atomic E-state index is 5.80. The van der Waals surface area contributed by atoms with Gasteiger partial charge in [0.05, 0.1) is 12.7 Å². The fourth-order valence-electron chi connectivity index (χ4n) is 1.95. The molecule has 17 heavy (non-hydrogen) atoms. The van der Waals surface area contributed by atoms with Crippen molar-refractivity contribution in [2.75, 3.05) is 26.4 Å². The van der Waals surface area contributed by atoms with Gasteiger partial charge in [-0.05, 0) is 33.6 Å². The monoisotopic (exact) mass is 262 g/mol. The standard InChI is InChI=1S/C12H26O4Si/c1-4-14-17(15-5-2,16-6-3)10-8-7-9-12-11-13-12/h12H,4-11H2,1-3H3/t12-/m1/s1. The van der Waals surface area contributed by atoms with E-state index in [0.717, 1.165) is 25.5 Å². The summed E-state index contributed by atoms with van der Waals surface area (Å²) in [7, 11) is -2.39. The summed E-state index contributed by atoms with van der Waals surface area (Å²) < 4.78 is 22.6. The first-order valence-corrected chi connectivity index (χ1v) is 8.73. The zero-order chi connectivity index (χ0) is 12.6. The van der Waals surface area contributed by atoms with Crippen LogP contribution in [0.15, 0.2) is 0 Å². The first kappa shape index (κ1) is 15.1. The minimum absolute atomic E-state index is 0.525. The predicted octanol–water partition coefficient (Wildman–Crippen LogP) is 2.60. The first-order valence-electron chi connectivity index (χ1n) is 6.79. The zero-order valence-electron chi connectivity index (χ0n) is 11.4. The Morgan fingerprint density at radius 1 is 1.00 bits per heavy atom. The van der Waals surface area contributed by atoms with Crippen molar-refractivity contribution in [2.24, 2.45) is 0 Å². The maximum atomic E-state index is 5.80. The first-order chi connectivity index (χ1) is 8.26. The highest BCUT2D eigenvalue weighted by atomic mass is 28.4. The summed E-state index contributed by atoms with van der Waals surface area (Å²) in [4.78, 5) is 0. The smallest absolute Gasteiger partial charge is 0.374 e. The van der Waals surface area contributed by atoms with E-state index in [1.54, 1.807) is 0 Å². The summed E-state index contributed by atoms with van der Waals surface area (Å²) in [6.07, 6.45) is 3.96. The van der Waals surface area contributed by atoms with Crippen molar-refractivity contribution in [1.29, 1.82) is 0 Å². The summed E-state index contributed by atoms with van der Waals surface area (Å²) in [5, 5.41) is 0. The molecule has 0 amide bonds. The molecule has 0 unspecified atom stereocenters. The third kappa shape index (κ3) is 5.97. The van der Waals surface area contributed by atoms with Crippen molar-refractivity contribution >= 4 is 8.80 Å². The number of epoxide rings is 1. The summed E-state index contributed by atoms with van der Waals surface area (Å²) in [6, 6.07) is 0.926. The van der Waals surface area contributed by atoms with E-state index in [1.807, 2.05) is 20.8 Å². The molecule has 0 bridgehead atoms. The van der Waals surface area contributed by atoms with Crippen LogP contribution in [-0.4, -0.2) is 41.3 Å². The molecular weight excluding hydrogens is 236 g/mol. The molecular formula is C12H26O4Si. The Morgan fingerprint density at radius 3 is 1.94 bits per heavy atom. The molecule has 1 saturated heterocycles. The van der Waals surface area contributed by atoms with Crippen molar-refractivity contribution in [2.45, 2.75) is 52.2 Å². The SMILES string of the molecule is CCO[Si](CCCC[C@@H]1CO1)(OCC)OCC. The highest BCUT2D eigenvalue weighted by Crippen LogP contribution is 2.22. The van der Waals surface area contributed by atoms with Gasteiger partial charge in [0.1, 0.15) is 0 Å². The van der Waals surface area contributed by atoms with Crippen LogP contribution in [0.25, 0.3) is 0 Å². The molecule has 0 saturated carbocycles. The molecule has 1 aliphatic heterocycles. The average Bonchev–Trinajstić information content (AvgIpc) is 3.09. The van der Waals surface area contributed by atoms with Gasteiger partial charge in [-0.1, -0.05) is 6.42 Å².